The van der Waals surface area contributed by atoms with Gasteiger partial charge in [-0.05, 0) is 36.4 Å². The summed E-state index contributed by atoms with van der Waals surface area (Å²) in [6, 6.07) is 10.2. The Morgan fingerprint density at radius 3 is 2.65 bits per heavy atom. The number of nitrogens with one attached hydrogen (secondary N) is 1. The fourth-order valence-corrected chi connectivity index (χ4v) is 3.08. The van der Waals surface area contributed by atoms with E-state index in [-0.39, 0.29) is 35.3 Å². The Morgan fingerprint density at radius 2 is 1.94 bits per heavy atom. The molecule has 0 saturated carbocycles. The first-order valence-electron chi connectivity index (χ1n) is 9.05. The predicted octanol–water partition coefficient (Wildman–Crippen LogP) is 3.57. The lowest BCUT2D eigenvalue weighted by Crippen LogP contribution is -2.48. The summed E-state index contributed by atoms with van der Waals surface area (Å²) in [5.41, 5.74) is -0.00768. The number of aromatic nitrogens is 3. The molecule has 3 heterocycles. The normalized spacial score (nSPS) is 13.7. The van der Waals surface area contributed by atoms with Crippen molar-refractivity contribution in [1.82, 2.24) is 15.2 Å². The second-order valence-corrected chi connectivity index (χ2v) is 6.70. The number of hydrogen-bond acceptors (Lipinski definition) is 5. The number of fused-ring (bicyclic) bond motifs is 1. The molecule has 4 rings (SSSR count). The van der Waals surface area contributed by atoms with Crippen molar-refractivity contribution in [2.24, 2.45) is 0 Å². The van der Waals surface area contributed by atoms with Gasteiger partial charge in [0.2, 0.25) is 5.91 Å². The molecule has 1 N–H and O–H groups in total. The Hall–Kier alpha value is -4.02. The number of carbonyl (C=O) groups excluding carboxylic acids is 2. The average Bonchev–Trinajstić information content (AvgIpc) is 2.76. The number of carbonyl (C=O) groups is 2. The topological polar surface area (TPSA) is 91.3 Å². The van der Waals surface area contributed by atoms with E-state index in [9.17, 15) is 22.8 Å². The number of rotatable bonds is 2. The molecule has 0 bridgehead atoms. The van der Waals surface area contributed by atoms with Gasteiger partial charge in [-0.25, -0.2) is 9.78 Å². The van der Waals surface area contributed by atoms with Crippen molar-refractivity contribution in [3.05, 3.63) is 60.3 Å². The van der Waals surface area contributed by atoms with Gasteiger partial charge in [0.15, 0.2) is 11.6 Å². The highest BCUT2D eigenvalue weighted by Crippen LogP contribution is 2.36. The van der Waals surface area contributed by atoms with E-state index >= 15 is 0 Å². The number of anilines is 3. The van der Waals surface area contributed by atoms with Crippen LogP contribution in [0.3, 0.4) is 0 Å². The lowest BCUT2D eigenvalue weighted by Gasteiger charge is -2.33. The Labute approximate surface area is 174 Å². The van der Waals surface area contributed by atoms with Crippen molar-refractivity contribution < 1.29 is 22.8 Å². The van der Waals surface area contributed by atoms with E-state index < -0.39 is 17.8 Å². The standard InChI is InChI=1S/C20H15F3N6O2/c1-28-15-8-7-14(12-4-2-5-13(10-12)20(21,22)23)25-18(15)29(11-17(28)30)19(31)26-16-6-3-9-24-27-16/h2-10H,11H2,1H3,(H,26,27,31). The maximum atomic E-state index is 13.1. The summed E-state index contributed by atoms with van der Waals surface area (Å²) in [5.74, 6) is -0.0386. The van der Waals surface area contributed by atoms with E-state index in [1.54, 1.807) is 6.07 Å². The number of likely N-dealkylation sites (N-methyl/N-ethyl adjacent to an activating group) is 1. The van der Waals surface area contributed by atoms with Gasteiger partial charge in [-0.3, -0.25) is 15.0 Å². The van der Waals surface area contributed by atoms with Crippen LogP contribution in [0.25, 0.3) is 11.3 Å². The van der Waals surface area contributed by atoms with E-state index in [1.165, 1.54) is 48.5 Å². The number of alkyl halides is 3. The molecule has 1 aliphatic rings. The highest BCUT2D eigenvalue weighted by molar-refractivity contribution is 6.12. The van der Waals surface area contributed by atoms with Crippen molar-refractivity contribution >= 4 is 29.3 Å². The minimum Gasteiger partial charge on any atom is -0.311 e. The molecule has 2 aromatic heterocycles. The van der Waals surface area contributed by atoms with E-state index in [0.29, 0.717) is 5.69 Å². The van der Waals surface area contributed by atoms with Crippen molar-refractivity contribution in [1.29, 1.82) is 0 Å². The molecule has 0 unspecified atom stereocenters. The van der Waals surface area contributed by atoms with Gasteiger partial charge in [0.25, 0.3) is 0 Å². The maximum absolute atomic E-state index is 13.1. The number of benzene rings is 1. The van der Waals surface area contributed by atoms with Crippen LogP contribution in [0.2, 0.25) is 0 Å². The molecule has 0 saturated heterocycles. The molecule has 0 aliphatic carbocycles. The monoisotopic (exact) mass is 428 g/mol. The van der Waals surface area contributed by atoms with Gasteiger partial charge in [0.05, 0.1) is 16.9 Å². The van der Waals surface area contributed by atoms with Crippen LogP contribution >= 0.6 is 0 Å². The molecule has 158 valence electrons. The molecule has 11 heteroatoms. The van der Waals surface area contributed by atoms with Crippen molar-refractivity contribution in [2.45, 2.75) is 6.18 Å². The van der Waals surface area contributed by atoms with E-state index in [2.05, 4.69) is 20.5 Å². The molecule has 0 radical (unpaired) electrons. The smallest absolute Gasteiger partial charge is 0.311 e. The zero-order chi connectivity index (χ0) is 22.2. The first-order chi connectivity index (χ1) is 14.7. The summed E-state index contributed by atoms with van der Waals surface area (Å²) in [4.78, 5) is 32.0. The summed E-state index contributed by atoms with van der Waals surface area (Å²) >= 11 is 0. The Bertz CT molecular complexity index is 1150. The van der Waals surface area contributed by atoms with Gasteiger partial charge in [-0.1, -0.05) is 12.1 Å². The quantitative estimate of drug-likeness (QED) is 0.674. The van der Waals surface area contributed by atoms with Crippen LogP contribution in [0.5, 0.6) is 0 Å². The van der Waals surface area contributed by atoms with Crippen LogP contribution in [0, 0.1) is 0 Å². The van der Waals surface area contributed by atoms with Crippen molar-refractivity contribution in [3.63, 3.8) is 0 Å². The lowest BCUT2D eigenvalue weighted by atomic mass is 10.1. The number of halogens is 3. The van der Waals surface area contributed by atoms with Crippen molar-refractivity contribution in [3.8, 4) is 11.3 Å². The fraction of sp³-hybridized carbons (Fsp3) is 0.150. The number of hydrogen-bond donors (Lipinski definition) is 1. The third-order valence-electron chi connectivity index (χ3n) is 4.68. The van der Waals surface area contributed by atoms with Gasteiger partial charge in [0, 0.05) is 18.8 Å². The average molecular weight is 428 g/mol. The molecule has 31 heavy (non-hydrogen) atoms. The summed E-state index contributed by atoms with van der Waals surface area (Å²) in [6.07, 6.45) is -3.06. The molecular weight excluding hydrogens is 413 g/mol. The fourth-order valence-electron chi connectivity index (χ4n) is 3.08. The molecule has 1 aliphatic heterocycles. The molecule has 1 aromatic carbocycles. The van der Waals surface area contributed by atoms with E-state index in [4.69, 9.17) is 0 Å². The number of nitrogens with zero attached hydrogens (tertiary/aromatic N) is 5. The minimum atomic E-state index is -4.50. The number of pyridine rings is 1. The highest BCUT2D eigenvalue weighted by atomic mass is 19.4. The lowest BCUT2D eigenvalue weighted by molar-refractivity contribution is -0.137. The summed E-state index contributed by atoms with van der Waals surface area (Å²) < 4.78 is 39.3. The van der Waals surface area contributed by atoms with Crippen LogP contribution in [0.15, 0.2) is 54.7 Å². The third kappa shape index (κ3) is 4.02. The van der Waals surface area contributed by atoms with Crippen LogP contribution in [0.4, 0.5) is 35.3 Å². The largest absolute Gasteiger partial charge is 0.416 e. The zero-order valence-electron chi connectivity index (χ0n) is 16.1. The van der Waals surface area contributed by atoms with Crippen LogP contribution in [0.1, 0.15) is 5.56 Å². The van der Waals surface area contributed by atoms with E-state index in [0.717, 1.165) is 17.0 Å². The summed E-state index contributed by atoms with van der Waals surface area (Å²) in [6.45, 7) is -0.297. The Kier molecular flexibility index (Phi) is 5.01. The molecule has 0 spiro atoms. The molecule has 3 amide bonds. The molecule has 8 nitrogen and oxygen atoms in total. The third-order valence-corrected chi connectivity index (χ3v) is 4.68. The SMILES string of the molecule is CN1C(=O)CN(C(=O)Nc2cccnn2)c2nc(-c3cccc(C(F)(F)F)c3)ccc21. The van der Waals surface area contributed by atoms with Gasteiger partial charge < -0.3 is 4.90 Å². The first kappa shape index (κ1) is 20.3. The van der Waals surface area contributed by atoms with Gasteiger partial charge in [0.1, 0.15) is 6.54 Å². The minimum absolute atomic E-state index is 0.137. The molecule has 0 atom stereocenters. The van der Waals surface area contributed by atoms with Crippen molar-refractivity contribution in [2.75, 3.05) is 28.7 Å². The Morgan fingerprint density at radius 1 is 1.13 bits per heavy atom. The number of urea groups is 1. The summed E-state index contributed by atoms with van der Waals surface area (Å²) in [5, 5.41) is 9.97. The second-order valence-electron chi connectivity index (χ2n) is 6.70. The number of amides is 3. The molecule has 3 aromatic rings. The second kappa shape index (κ2) is 7.67. The maximum Gasteiger partial charge on any atom is 0.416 e. The van der Waals surface area contributed by atoms with Gasteiger partial charge in [-0.2, -0.15) is 18.3 Å². The zero-order valence-corrected chi connectivity index (χ0v) is 16.1. The van der Waals surface area contributed by atoms with Crippen LogP contribution in [-0.4, -0.2) is 40.7 Å². The predicted molar refractivity (Wildman–Crippen MR) is 106 cm³/mol. The molecular formula is C20H15F3N6O2. The van der Waals surface area contributed by atoms with E-state index in [1.807, 2.05) is 0 Å². The van der Waals surface area contributed by atoms with Crippen LogP contribution in [-0.2, 0) is 11.0 Å². The molecule has 0 fully saturated rings. The van der Waals surface area contributed by atoms with Gasteiger partial charge >= 0.3 is 12.2 Å². The Balaban J connectivity index is 1.74. The summed E-state index contributed by atoms with van der Waals surface area (Å²) in [7, 11) is 1.53. The van der Waals surface area contributed by atoms with Gasteiger partial charge in [-0.15, -0.1) is 5.10 Å². The van der Waals surface area contributed by atoms with Crippen LogP contribution < -0.4 is 15.1 Å². The first-order valence-corrected chi connectivity index (χ1v) is 9.05. The highest BCUT2D eigenvalue weighted by Gasteiger charge is 2.33.